The molecule has 0 fully saturated rings. The number of hydrogen-bond acceptors (Lipinski definition) is 7. The van der Waals surface area contributed by atoms with Gasteiger partial charge in [0.2, 0.25) is 0 Å². The molecule has 3 rings (SSSR count). The Kier molecular flexibility index (Phi) is 9.32. The predicted octanol–water partition coefficient (Wildman–Crippen LogP) is 5.40. The number of hydrogen-bond donors (Lipinski definition) is 1. The number of benzene rings is 3. The molecular formula is C26H23IN2O6S. The smallest absolute Gasteiger partial charge is 0.339 e. The van der Waals surface area contributed by atoms with Gasteiger partial charge in [0, 0.05) is 5.69 Å². The third kappa shape index (κ3) is 6.99. The number of nitrogens with one attached hydrogen (secondary N) is 1. The van der Waals surface area contributed by atoms with Crippen LogP contribution < -0.4 is 19.0 Å². The lowest BCUT2D eigenvalue weighted by molar-refractivity contribution is -0.112. The summed E-state index contributed by atoms with van der Waals surface area (Å²) in [7, 11) is -4.10. The van der Waals surface area contributed by atoms with Crippen LogP contribution in [0, 0.1) is 14.9 Å². The van der Waals surface area contributed by atoms with Crippen LogP contribution >= 0.6 is 22.6 Å². The quantitative estimate of drug-likeness (QED) is 0.140. The van der Waals surface area contributed by atoms with E-state index in [0.717, 1.165) is 0 Å². The molecule has 0 unspecified atom stereocenters. The van der Waals surface area contributed by atoms with E-state index in [9.17, 15) is 18.5 Å². The van der Waals surface area contributed by atoms with Crippen molar-refractivity contribution < 1.29 is 26.9 Å². The molecule has 0 heterocycles. The molecule has 3 aromatic carbocycles. The minimum absolute atomic E-state index is 0.00458. The molecule has 8 nitrogen and oxygen atoms in total. The van der Waals surface area contributed by atoms with Crippen molar-refractivity contribution in [3.8, 4) is 23.3 Å². The first kappa shape index (κ1) is 27.0. The zero-order valence-corrected chi connectivity index (χ0v) is 22.5. The molecule has 0 aliphatic carbocycles. The van der Waals surface area contributed by atoms with E-state index in [1.807, 2.05) is 35.6 Å². The predicted molar refractivity (Wildman–Crippen MR) is 144 cm³/mol. The highest BCUT2D eigenvalue weighted by Gasteiger charge is 2.22. The van der Waals surface area contributed by atoms with Crippen molar-refractivity contribution in [1.82, 2.24) is 0 Å². The number of ether oxygens (including phenoxy) is 2. The molecular weight excluding hydrogens is 595 g/mol. The maximum Gasteiger partial charge on any atom is 0.339 e. The lowest BCUT2D eigenvalue weighted by Gasteiger charge is -2.14. The first-order chi connectivity index (χ1) is 17.3. The van der Waals surface area contributed by atoms with Gasteiger partial charge in [0.05, 0.1) is 16.8 Å². The molecule has 1 amide bonds. The van der Waals surface area contributed by atoms with Crippen molar-refractivity contribution >= 4 is 50.4 Å². The molecule has 10 heteroatoms. The van der Waals surface area contributed by atoms with Gasteiger partial charge in [-0.25, -0.2) is 0 Å². The standard InChI is InChI=1S/C26H23IN2O6S/c1-3-33-21-12-10-20(11-13-21)29-26(30)19(17-28)14-18-15-23(27)25(24(16-18)34-4-2)35-36(31,32)22-8-6-5-7-9-22/h5-16H,3-4H2,1-2H3,(H,29,30)/b19-14+. The summed E-state index contributed by atoms with van der Waals surface area (Å²) in [6, 6.07) is 19.6. The largest absolute Gasteiger partial charge is 0.494 e. The van der Waals surface area contributed by atoms with Crippen LogP contribution in [-0.4, -0.2) is 27.5 Å². The summed E-state index contributed by atoms with van der Waals surface area (Å²) < 4.78 is 42.3. The average Bonchev–Trinajstić information content (AvgIpc) is 2.86. The van der Waals surface area contributed by atoms with Gasteiger partial charge < -0.3 is 19.0 Å². The molecule has 0 saturated carbocycles. The Labute approximate surface area is 223 Å². The number of rotatable bonds is 10. The van der Waals surface area contributed by atoms with E-state index >= 15 is 0 Å². The highest BCUT2D eigenvalue weighted by molar-refractivity contribution is 14.1. The van der Waals surface area contributed by atoms with Gasteiger partial charge in [-0.2, -0.15) is 13.7 Å². The highest BCUT2D eigenvalue weighted by atomic mass is 127. The Morgan fingerprint density at radius 2 is 1.69 bits per heavy atom. The molecule has 3 aromatic rings. The number of carbonyl (C=O) groups excluding carboxylic acids is 1. The second-order valence-electron chi connectivity index (χ2n) is 7.19. The maximum atomic E-state index is 12.7. The number of nitrogens with zero attached hydrogens (tertiary/aromatic N) is 1. The van der Waals surface area contributed by atoms with E-state index in [0.29, 0.717) is 27.2 Å². The lowest BCUT2D eigenvalue weighted by Crippen LogP contribution is -2.13. The zero-order valence-electron chi connectivity index (χ0n) is 19.5. The normalized spacial score (nSPS) is 11.3. The van der Waals surface area contributed by atoms with Crippen LogP contribution in [-0.2, 0) is 14.9 Å². The van der Waals surface area contributed by atoms with Crippen LogP contribution in [0.2, 0.25) is 0 Å². The first-order valence-corrected chi connectivity index (χ1v) is 13.4. The molecule has 186 valence electrons. The fourth-order valence-electron chi connectivity index (χ4n) is 3.07. The van der Waals surface area contributed by atoms with Crippen LogP contribution in [0.5, 0.6) is 17.2 Å². The maximum absolute atomic E-state index is 12.7. The molecule has 0 saturated heterocycles. The van der Waals surface area contributed by atoms with Gasteiger partial charge in [0.15, 0.2) is 11.5 Å². The van der Waals surface area contributed by atoms with Crippen LogP contribution in [0.3, 0.4) is 0 Å². The molecule has 0 radical (unpaired) electrons. The van der Waals surface area contributed by atoms with Gasteiger partial charge in [-0.15, -0.1) is 0 Å². The fourth-order valence-corrected chi connectivity index (χ4v) is 4.94. The highest BCUT2D eigenvalue weighted by Crippen LogP contribution is 2.37. The number of nitriles is 1. The van der Waals surface area contributed by atoms with Gasteiger partial charge in [0.1, 0.15) is 22.3 Å². The van der Waals surface area contributed by atoms with E-state index in [2.05, 4.69) is 5.32 Å². The first-order valence-electron chi connectivity index (χ1n) is 10.9. The van der Waals surface area contributed by atoms with Crippen molar-refractivity contribution in [1.29, 1.82) is 5.26 Å². The molecule has 1 N–H and O–H groups in total. The van der Waals surface area contributed by atoms with Crippen LogP contribution in [0.25, 0.3) is 6.08 Å². The number of amides is 1. The van der Waals surface area contributed by atoms with Crippen molar-refractivity contribution in [3.63, 3.8) is 0 Å². The van der Waals surface area contributed by atoms with Gasteiger partial charge in [-0.3, -0.25) is 4.79 Å². The summed E-state index contributed by atoms with van der Waals surface area (Å²) >= 11 is 1.92. The molecule has 0 aliphatic rings. The number of carbonyl (C=O) groups is 1. The summed E-state index contributed by atoms with van der Waals surface area (Å²) in [6.45, 7) is 4.39. The molecule has 0 spiro atoms. The summed E-state index contributed by atoms with van der Waals surface area (Å²) in [4.78, 5) is 12.7. The number of anilines is 1. The third-order valence-corrected chi connectivity index (χ3v) is 6.69. The zero-order chi connectivity index (χ0) is 26.1. The Morgan fingerprint density at radius 1 is 1.03 bits per heavy atom. The van der Waals surface area contributed by atoms with Crippen LogP contribution in [0.1, 0.15) is 19.4 Å². The van der Waals surface area contributed by atoms with Crippen molar-refractivity contribution in [2.75, 3.05) is 18.5 Å². The van der Waals surface area contributed by atoms with E-state index in [1.54, 1.807) is 55.5 Å². The average molecular weight is 618 g/mol. The minimum atomic E-state index is -4.10. The molecule has 36 heavy (non-hydrogen) atoms. The van der Waals surface area contributed by atoms with Crippen molar-refractivity contribution in [3.05, 3.63) is 81.4 Å². The van der Waals surface area contributed by atoms with Gasteiger partial charge in [-0.05, 0) is 96.6 Å². The van der Waals surface area contributed by atoms with E-state index in [1.165, 1.54) is 24.3 Å². The SMILES string of the molecule is CCOc1ccc(NC(=O)/C(C#N)=C/c2cc(I)c(OS(=O)(=O)c3ccccc3)c(OCC)c2)cc1. The molecule has 0 aromatic heterocycles. The second-order valence-corrected chi connectivity index (χ2v) is 9.90. The van der Waals surface area contributed by atoms with E-state index < -0.39 is 16.0 Å². The third-order valence-electron chi connectivity index (χ3n) is 4.66. The lowest BCUT2D eigenvalue weighted by atomic mass is 10.1. The molecule has 0 atom stereocenters. The molecule has 0 aliphatic heterocycles. The number of halogens is 1. The van der Waals surface area contributed by atoms with Crippen LogP contribution in [0.4, 0.5) is 5.69 Å². The summed E-state index contributed by atoms with van der Waals surface area (Å²) in [5.74, 6) is 0.262. The van der Waals surface area contributed by atoms with Gasteiger partial charge >= 0.3 is 10.1 Å². The van der Waals surface area contributed by atoms with Crippen LogP contribution in [0.15, 0.2) is 77.2 Å². The summed E-state index contributed by atoms with van der Waals surface area (Å²) in [5, 5.41) is 12.3. The Morgan fingerprint density at radius 3 is 2.31 bits per heavy atom. The minimum Gasteiger partial charge on any atom is -0.494 e. The summed E-state index contributed by atoms with van der Waals surface area (Å²) in [6.07, 6.45) is 1.39. The van der Waals surface area contributed by atoms with Crippen molar-refractivity contribution in [2.24, 2.45) is 0 Å². The Balaban J connectivity index is 1.88. The van der Waals surface area contributed by atoms with E-state index in [4.69, 9.17) is 13.7 Å². The Bertz CT molecular complexity index is 1400. The fraction of sp³-hybridized carbons (Fsp3) is 0.154. The topological polar surface area (TPSA) is 115 Å². The second kappa shape index (κ2) is 12.4. The van der Waals surface area contributed by atoms with Gasteiger partial charge in [0.25, 0.3) is 5.91 Å². The van der Waals surface area contributed by atoms with Gasteiger partial charge in [-0.1, -0.05) is 18.2 Å². The van der Waals surface area contributed by atoms with Crippen molar-refractivity contribution in [2.45, 2.75) is 18.7 Å². The summed E-state index contributed by atoms with van der Waals surface area (Å²) in [5.41, 5.74) is 0.822. The molecule has 0 bridgehead atoms. The monoisotopic (exact) mass is 618 g/mol. The van der Waals surface area contributed by atoms with E-state index in [-0.39, 0.29) is 28.6 Å². The Hall–Kier alpha value is -3.56.